The molecule has 0 bridgehead atoms. The van der Waals surface area contributed by atoms with Crippen LogP contribution in [0.25, 0.3) is 0 Å². The van der Waals surface area contributed by atoms with Crippen LogP contribution in [0.1, 0.15) is 121 Å². The second-order valence-electron chi connectivity index (χ2n) is 19.6. The van der Waals surface area contributed by atoms with Crippen LogP contribution in [0, 0.1) is 23.7 Å². The molecule has 66 heavy (non-hydrogen) atoms. The Morgan fingerprint density at radius 3 is 1.26 bits per heavy atom. The van der Waals surface area contributed by atoms with E-state index in [1.807, 2.05) is 116 Å². The van der Waals surface area contributed by atoms with Gasteiger partial charge in [-0.3, -0.25) is 19.4 Å². The van der Waals surface area contributed by atoms with Crippen LogP contribution in [-0.4, -0.2) is 119 Å². The fourth-order valence-electron chi connectivity index (χ4n) is 6.27. The Morgan fingerprint density at radius 1 is 0.576 bits per heavy atom. The van der Waals surface area contributed by atoms with Crippen molar-refractivity contribution >= 4 is 48.4 Å². The zero-order chi connectivity index (χ0) is 50.4. The van der Waals surface area contributed by atoms with Crippen LogP contribution >= 0.6 is 12.4 Å². The summed E-state index contributed by atoms with van der Waals surface area (Å²) in [6, 6.07) is 16.5. The van der Waals surface area contributed by atoms with Crippen molar-refractivity contribution in [3.8, 4) is 0 Å². The number of rotatable bonds is 18. The summed E-state index contributed by atoms with van der Waals surface area (Å²) >= 11 is 0. The first-order valence-corrected chi connectivity index (χ1v) is 22.4. The van der Waals surface area contributed by atoms with Crippen molar-refractivity contribution in [1.29, 1.82) is 0 Å². The Kier molecular flexibility index (Phi) is 29.1. The van der Waals surface area contributed by atoms with Gasteiger partial charge in [-0.2, -0.15) is 0 Å². The van der Waals surface area contributed by atoms with Gasteiger partial charge in [-0.1, -0.05) is 116 Å². The lowest BCUT2D eigenvalue weighted by Crippen LogP contribution is -2.55. The molecule has 0 fully saturated rings. The Hall–Kier alpha value is -4.89. The molecule has 0 heterocycles. The second-order valence-corrected chi connectivity index (χ2v) is 19.6. The number of carboxylic acid groups (broad SMARTS) is 1. The molecule has 0 aliphatic rings. The largest absolute Gasteiger partial charge is 0.480 e. The van der Waals surface area contributed by atoms with E-state index in [2.05, 4.69) is 5.32 Å². The van der Waals surface area contributed by atoms with Gasteiger partial charge in [0.1, 0.15) is 48.6 Å². The van der Waals surface area contributed by atoms with E-state index < -0.39 is 53.5 Å². The molecule has 0 radical (unpaired) electrons. The molecule has 2 aromatic rings. The van der Waals surface area contributed by atoms with Crippen molar-refractivity contribution in [2.45, 2.75) is 158 Å². The molecule has 2 rings (SSSR count). The van der Waals surface area contributed by atoms with Gasteiger partial charge in [-0.25, -0.2) is 19.2 Å². The molecule has 16 heteroatoms. The van der Waals surface area contributed by atoms with Crippen LogP contribution in [-0.2, 0) is 51.3 Å². The Balaban J connectivity index is 0. The fourth-order valence-corrected chi connectivity index (χ4v) is 6.27. The number of likely N-dealkylation sites (N-methyl/N-ethyl adjacent to an activating group) is 4. The summed E-state index contributed by atoms with van der Waals surface area (Å²) in [5.74, 6) is -1.57. The van der Waals surface area contributed by atoms with Crippen LogP contribution in [0.2, 0.25) is 0 Å². The maximum atomic E-state index is 13.5. The summed E-state index contributed by atoms with van der Waals surface area (Å²) in [5.41, 5.74) is 0.588. The van der Waals surface area contributed by atoms with Crippen molar-refractivity contribution in [2.24, 2.45) is 23.7 Å². The Bertz CT molecular complexity index is 1750. The highest BCUT2D eigenvalue weighted by molar-refractivity contribution is 5.89. The molecule has 0 aliphatic heterocycles. The number of esters is 2. The summed E-state index contributed by atoms with van der Waals surface area (Å²) in [5, 5.41) is 12.1. The molecule has 3 amide bonds. The smallest absolute Gasteiger partial charge is 0.410 e. The highest BCUT2D eigenvalue weighted by Gasteiger charge is 2.38. The van der Waals surface area contributed by atoms with Crippen LogP contribution < -0.4 is 5.32 Å². The van der Waals surface area contributed by atoms with Crippen LogP contribution in [0.4, 0.5) is 9.59 Å². The first-order chi connectivity index (χ1) is 29.9. The van der Waals surface area contributed by atoms with Gasteiger partial charge in [0.15, 0.2) is 0 Å². The van der Waals surface area contributed by atoms with Crippen molar-refractivity contribution in [2.75, 3.05) is 28.2 Å². The van der Waals surface area contributed by atoms with E-state index in [1.165, 1.54) is 16.8 Å². The third-order valence-electron chi connectivity index (χ3n) is 9.57. The number of carboxylic acids is 1. The molecule has 0 saturated heterocycles. The number of benzene rings is 2. The van der Waals surface area contributed by atoms with Crippen molar-refractivity contribution < 1.29 is 52.8 Å². The summed E-state index contributed by atoms with van der Waals surface area (Å²) in [4.78, 5) is 77.5. The van der Waals surface area contributed by atoms with E-state index >= 15 is 0 Å². The van der Waals surface area contributed by atoms with Gasteiger partial charge in [-0.15, -0.1) is 12.4 Å². The van der Waals surface area contributed by atoms with Crippen LogP contribution in [0.3, 0.4) is 0 Å². The zero-order valence-electron chi connectivity index (χ0n) is 43.0. The first-order valence-electron chi connectivity index (χ1n) is 22.4. The SMILES string of the molecule is CC(C)C[C@@H](C(=O)N(C)[C@H](C(=O)OCc1ccccc1)C(C)C)N(C)C(=O)OC(C)(C)C.CC(C)C[C@@H](C(=O)O)N(C)C(=O)OC(C)(C)C.CN[C@H](C(=O)OCc1ccccc1)C(C)C.Cl. The lowest BCUT2D eigenvalue weighted by Gasteiger charge is -2.36. The molecule has 0 aliphatic carbocycles. The van der Waals surface area contributed by atoms with Crippen LogP contribution in [0.5, 0.6) is 0 Å². The molecule has 4 atom stereocenters. The van der Waals surface area contributed by atoms with Crippen molar-refractivity contribution in [3.63, 3.8) is 0 Å². The summed E-state index contributed by atoms with van der Waals surface area (Å²) in [6.07, 6.45) is -0.323. The normalized spacial score (nSPS) is 13.0. The van der Waals surface area contributed by atoms with Gasteiger partial charge in [-0.05, 0) is 96.2 Å². The molecule has 376 valence electrons. The average Bonchev–Trinajstić information content (AvgIpc) is 3.19. The molecular weight excluding hydrogens is 868 g/mol. The minimum atomic E-state index is -1.01. The van der Waals surface area contributed by atoms with Gasteiger partial charge in [0.2, 0.25) is 5.91 Å². The Labute approximate surface area is 402 Å². The summed E-state index contributed by atoms with van der Waals surface area (Å²) in [6.45, 7) is 26.6. The fraction of sp³-hybridized carbons (Fsp3) is 0.640. The van der Waals surface area contributed by atoms with Crippen molar-refractivity contribution in [1.82, 2.24) is 20.0 Å². The number of nitrogens with zero attached hydrogens (tertiary/aromatic N) is 3. The highest BCUT2D eigenvalue weighted by Crippen LogP contribution is 2.21. The number of ether oxygens (including phenoxy) is 4. The minimum Gasteiger partial charge on any atom is -0.480 e. The first kappa shape index (κ1) is 63.2. The highest BCUT2D eigenvalue weighted by atomic mass is 35.5. The number of nitrogens with one attached hydrogen (secondary N) is 1. The van der Waals surface area contributed by atoms with E-state index in [4.69, 9.17) is 24.1 Å². The Morgan fingerprint density at radius 2 is 0.939 bits per heavy atom. The third-order valence-corrected chi connectivity index (χ3v) is 9.57. The van der Waals surface area contributed by atoms with Gasteiger partial charge in [0.25, 0.3) is 0 Å². The van der Waals surface area contributed by atoms with Crippen LogP contribution in [0.15, 0.2) is 60.7 Å². The predicted octanol–water partition coefficient (Wildman–Crippen LogP) is 9.24. The molecule has 0 spiro atoms. The summed E-state index contributed by atoms with van der Waals surface area (Å²) in [7, 11) is 6.38. The maximum Gasteiger partial charge on any atom is 0.410 e. The van der Waals surface area contributed by atoms with E-state index in [9.17, 15) is 28.8 Å². The van der Waals surface area contributed by atoms with Gasteiger partial charge >= 0.3 is 30.1 Å². The molecule has 0 unspecified atom stereocenters. The maximum absolute atomic E-state index is 13.5. The van der Waals surface area contributed by atoms with E-state index in [-0.39, 0.29) is 60.6 Å². The zero-order valence-corrected chi connectivity index (χ0v) is 43.8. The topological polar surface area (TPSA) is 181 Å². The second kappa shape index (κ2) is 30.4. The standard InChI is InChI=1S/C25H40N2O5.C13H19NO2.C12H23NO4.ClH/c1-17(2)15-20(26(8)24(30)32-25(5,6)7)22(28)27(9)21(18(3)4)23(29)31-16-19-13-11-10-12-14-19;1-10(2)12(14-3)13(15)16-9-11-7-5-4-6-8-11;1-8(2)7-9(10(14)15)13(6)11(16)17-12(3,4)5;/h10-14,17-18,20-21H,15-16H2,1-9H3;4-8,10,12,14H,9H2,1-3H3;8-9H,7H2,1-6H3,(H,14,15);1H/t20-,21-;12-;9-;/m000./s1. The number of amides is 3. The molecule has 2 N–H and O–H groups in total. The number of hydrogen-bond donors (Lipinski definition) is 2. The molecular formula is C50H83ClN4O11. The number of halogens is 1. The average molecular weight is 952 g/mol. The van der Waals surface area contributed by atoms with E-state index in [0.29, 0.717) is 19.4 Å². The quantitative estimate of drug-likeness (QED) is 0.107. The lowest BCUT2D eigenvalue weighted by atomic mass is 9.98. The lowest BCUT2D eigenvalue weighted by molar-refractivity contribution is -0.158. The number of carbonyl (C=O) groups is 6. The molecule has 0 aromatic heterocycles. The number of aliphatic carboxylic acids is 1. The van der Waals surface area contributed by atoms with Gasteiger partial charge in [0.05, 0.1) is 0 Å². The summed E-state index contributed by atoms with van der Waals surface area (Å²) < 4.78 is 21.4. The molecule has 2 aromatic carbocycles. The third kappa shape index (κ3) is 25.1. The van der Waals surface area contributed by atoms with Gasteiger partial charge < -0.3 is 34.3 Å². The molecule has 15 nitrogen and oxygen atoms in total. The number of carbonyl (C=O) groups excluding carboxylic acids is 5. The minimum absolute atomic E-state index is 0. The van der Waals surface area contributed by atoms with Crippen molar-refractivity contribution in [3.05, 3.63) is 71.8 Å². The predicted molar refractivity (Wildman–Crippen MR) is 261 cm³/mol. The van der Waals surface area contributed by atoms with Gasteiger partial charge in [0, 0.05) is 21.1 Å². The van der Waals surface area contributed by atoms with E-state index in [1.54, 1.807) is 62.7 Å². The molecule has 0 saturated carbocycles. The van der Waals surface area contributed by atoms with E-state index in [0.717, 1.165) is 16.0 Å². The monoisotopic (exact) mass is 951 g/mol. The number of hydrogen-bond acceptors (Lipinski definition) is 11.